The molecule has 1 unspecified atom stereocenters. The fraction of sp³-hybridized carbons (Fsp3) is 0.571. The Morgan fingerprint density at radius 2 is 2.17 bits per heavy atom. The molecule has 100 valence electrons. The van der Waals surface area contributed by atoms with Gasteiger partial charge in [-0.25, -0.2) is 0 Å². The maximum absolute atomic E-state index is 9.97. The predicted molar refractivity (Wildman–Crippen MR) is 76.5 cm³/mol. The number of aliphatic hydroxyl groups is 1. The van der Waals surface area contributed by atoms with Crippen LogP contribution in [0.4, 0.5) is 5.69 Å². The summed E-state index contributed by atoms with van der Waals surface area (Å²) in [7, 11) is 0. The third-order valence-corrected chi connectivity index (χ3v) is 3.75. The highest BCUT2D eigenvalue weighted by atomic mass is 35.5. The van der Waals surface area contributed by atoms with Gasteiger partial charge in [-0.3, -0.25) is 0 Å². The van der Waals surface area contributed by atoms with Crippen molar-refractivity contribution in [3.8, 4) is 0 Å². The zero-order valence-electron chi connectivity index (χ0n) is 11.2. The largest absolute Gasteiger partial charge is 0.390 e. The van der Waals surface area contributed by atoms with E-state index in [0.717, 1.165) is 22.8 Å². The Morgan fingerprint density at radius 1 is 1.44 bits per heavy atom. The van der Waals surface area contributed by atoms with Crippen molar-refractivity contribution >= 4 is 17.3 Å². The third-order valence-electron chi connectivity index (χ3n) is 3.51. The number of nitrogens with one attached hydrogen (secondary N) is 1. The van der Waals surface area contributed by atoms with Crippen LogP contribution in [-0.4, -0.2) is 36.4 Å². The van der Waals surface area contributed by atoms with Crippen molar-refractivity contribution in [3.63, 3.8) is 0 Å². The van der Waals surface area contributed by atoms with Crippen molar-refractivity contribution in [1.82, 2.24) is 5.32 Å². The van der Waals surface area contributed by atoms with Gasteiger partial charge in [-0.1, -0.05) is 11.6 Å². The van der Waals surface area contributed by atoms with Crippen LogP contribution in [0.3, 0.4) is 0 Å². The van der Waals surface area contributed by atoms with E-state index in [4.69, 9.17) is 11.6 Å². The van der Waals surface area contributed by atoms with Crippen LogP contribution in [0.1, 0.15) is 19.4 Å². The molecule has 0 bridgehead atoms. The molecule has 1 aromatic carbocycles. The normalized spacial score (nSPS) is 23.8. The highest BCUT2D eigenvalue weighted by Crippen LogP contribution is 2.30. The molecule has 0 amide bonds. The molecule has 1 atom stereocenters. The van der Waals surface area contributed by atoms with Crippen molar-refractivity contribution < 1.29 is 5.11 Å². The first-order valence-corrected chi connectivity index (χ1v) is 6.70. The average Bonchev–Trinajstić information content (AvgIpc) is 2.38. The first-order valence-electron chi connectivity index (χ1n) is 6.33. The molecule has 0 saturated carbocycles. The molecule has 0 aliphatic carbocycles. The third kappa shape index (κ3) is 2.79. The number of aryl methyl sites for hydroxylation is 1. The van der Waals surface area contributed by atoms with E-state index in [-0.39, 0.29) is 11.6 Å². The van der Waals surface area contributed by atoms with Gasteiger partial charge >= 0.3 is 0 Å². The van der Waals surface area contributed by atoms with E-state index in [0.29, 0.717) is 13.1 Å². The van der Waals surface area contributed by atoms with Crippen LogP contribution in [0.25, 0.3) is 0 Å². The van der Waals surface area contributed by atoms with Crippen molar-refractivity contribution in [2.24, 2.45) is 0 Å². The number of nitrogens with zero attached hydrogens (tertiary/aromatic N) is 1. The highest BCUT2D eigenvalue weighted by molar-refractivity contribution is 6.30. The van der Waals surface area contributed by atoms with Crippen molar-refractivity contribution in [3.05, 3.63) is 28.8 Å². The Hall–Kier alpha value is -0.770. The zero-order chi connectivity index (χ0) is 13.3. The lowest BCUT2D eigenvalue weighted by molar-refractivity contribution is 0.183. The molecule has 0 spiro atoms. The van der Waals surface area contributed by atoms with Crippen molar-refractivity contribution in [2.75, 3.05) is 24.5 Å². The molecule has 1 aromatic rings. The minimum absolute atomic E-state index is 0.0317. The quantitative estimate of drug-likeness (QED) is 0.820. The Balaban J connectivity index is 2.38. The maximum atomic E-state index is 9.97. The first-order chi connectivity index (χ1) is 8.40. The minimum Gasteiger partial charge on any atom is -0.390 e. The number of benzene rings is 1. The lowest BCUT2D eigenvalue weighted by Crippen LogP contribution is -2.49. The van der Waals surface area contributed by atoms with Crippen LogP contribution >= 0.6 is 11.6 Å². The van der Waals surface area contributed by atoms with E-state index in [1.807, 2.05) is 18.2 Å². The molecule has 2 rings (SSSR count). The van der Waals surface area contributed by atoms with Gasteiger partial charge in [-0.15, -0.1) is 0 Å². The van der Waals surface area contributed by atoms with Crippen LogP contribution < -0.4 is 10.2 Å². The summed E-state index contributed by atoms with van der Waals surface area (Å²) < 4.78 is 0. The average molecular weight is 269 g/mol. The molecule has 18 heavy (non-hydrogen) atoms. The second-order valence-corrected chi connectivity index (χ2v) is 6.08. The van der Waals surface area contributed by atoms with Crippen LogP contribution in [0.15, 0.2) is 18.2 Å². The van der Waals surface area contributed by atoms with Crippen molar-refractivity contribution in [1.29, 1.82) is 0 Å². The molecule has 1 fully saturated rings. The highest BCUT2D eigenvalue weighted by Gasteiger charge is 2.32. The number of hydrogen-bond acceptors (Lipinski definition) is 3. The molecule has 0 aromatic heterocycles. The van der Waals surface area contributed by atoms with Gasteiger partial charge in [0.1, 0.15) is 0 Å². The number of β-amino-alcohol motifs (C(OH)–C–C–N with tert-alkyl or cyclic N) is 1. The summed E-state index contributed by atoms with van der Waals surface area (Å²) in [4.78, 5) is 2.27. The summed E-state index contributed by atoms with van der Waals surface area (Å²) in [5.41, 5.74) is 2.26. The number of rotatable bonds is 1. The van der Waals surface area contributed by atoms with E-state index >= 15 is 0 Å². The van der Waals surface area contributed by atoms with Gasteiger partial charge in [0.15, 0.2) is 0 Å². The van der Waals surface area contributed by atoms with Crippen LogP contribution in [0.5, 0.6) is 0 Å². The van der Waals surface area contributed by atoms with Gasteiger partial charge in [-0.05, 0) is 44.5 Å². The molecule has 0 radical (unpaired) electrons. The Bertz CT molecular complexity index is 434. The lowest BCUT2D eigenvalue weighted by Gasteiger charge is -2.40. The van der Waals surface area contributed by atoms with E-state index < -0.39 is 0 Å². The number of hydrogen-bond donors (Lipinski definition) is 2. The van der Waals surface area contributed by atoms with Gasteiger partial charge in [-0.2, -0.15) is 0 Å². The summed E-state index contributed by atoms with van der Waals surface area (Å²) in [5, 5.41) is 14.0. The Morgan fingerprint density at radius 3 is 2.83 bits per heavy atom. The second kappa shape index (κ2) is 5.08. The number of aliphatic hydroxyl groups excluding tert-OH is 1. The molecule has 2 N–H and O–H groups in total. The molecule has 1 heterocycles. The maximum Gasteiger partial charge on any atom is 0.0839 e. The monoisotopic (exact) mass is 268 g/mol. The second-order valence-electron chi connectivity index (χ2n) is 5.64. The van der Waals surface area contributed by atoms with Gasteiger partial charge in [0.05, 0.1) is 6.10 Å². The number of anilines is 1. The minimum atomic E-state index is -0.346. The molecule has 3 nitrogen and oxygen atoms in total. The Kier molecular flexibility index (Phi) is 3.85. The first kappa shape index (κ1) is 13.7. The van der Waals surface area contributed by atoms with Crippen LogP contribution in [0, 0.1) is 6.92 Å². The molecule has 1 saturated heterocycles. The molecular weight excluding hydrogens is 248 g/mol. The fourth-order valence-corrected chi connectivity index (χ4v) is 2.74. The van der Waals surface area contributed by atoms with Crippen molar-refractivity contribution in [2.45, 2.75) is 32.4 Å². The molecular formula is C14H21ClN2O. The Labute approximate surface area is 114 Å². The topological polar surface area (TPSA) is 35.5 Å². The van der Waals surface area contributed by atoms with Crippen LogP contribution in [-0.2, 0) is 0 Å². The molecule has 1 aliphatic rings. The standard InChI is InChI=1S/C14H21ClN2O/c1-10-6-11(15)4-5-13(10)17-8-12(18)7-16-9-14(17,2)3/h4-6,12,16,18H,7-9H2,1-3H3. The zero-order valence-corrected chi connectivity index (χ0v) is 12.0. The van der Waals surface area contributed by atoms with Gasteiger partial charge in [0.2, 0.25) is 0 Å². The van der Waals surface area contributed by atoms with Gasteiger partial charge < -0.3 is 15.3 Å². The summed E-state index contributed by atoms with van der Waals surface area (Å²) in [6.45, 7) is 8.57. The SMILES string of the molecule is Cc1cc(Cl)ccc1N1CC(O)CNCC1(C)C. The smallest absolute Gasteiger partial charge is 0.0839 e. The predicted octanol–water partition coefficient (Wildman–Crippen LogP) is 2.20. The van der Waals surface area contributed by atoms with E-state index in [1.165, 1.54) is 0 Å². The van der Waals surface area contributed by atoms with E-state index in [1.54, 1.807) is 0 Å². The van der Waals surface area contributed by atoms with E-state index in [2.05, 4.69) is 31.0 Å². The molecule has 4 heteroatoms. The summed E-state index contributed by atoms with van der Waals surface area (Å²) >= 11 is 6.01. The summed E-state index contributed by atoms with van der Waals surface area (Å²) in [6.07, 6.45) is -0.346. The summed E-state index contributed by atoms with van der Waals surface area (Å²) in [5.74, 6) is 0. The van der Waals surface area contributed by atoms with Crippen LogP contribution in [0.2, 0.25) is 5.02 Å². The number of halogens is 1. The van der Waals surface area contributed by atoms with E-state index in [9.17, 15) is 5.11 Å². The lowest BCUT2D eigenvalue weighted by atomic mass is 10.0. The van der Waals surface area contributed by atoms with Gasteiger partial charge in [0, 0.05) is 35.9 Å². The fourth-order valence-electron chi connectivity index (χ4n) is 2.51. The summed E-state index contributed by atoms with van der Waals surface area (Å²) in [6, 6.07) is 5.92. The molecule has 1 aliphatic heterocycles. The van der Waals surface area contributed by atoms with Gasteiger partial charge in [0.25, 0.3) is 0 Å².